The zero-order chi connectivity index (χ0) is 20.6. The van der Waals surface area contributed by atoms with Crippen LogP contribution >= 0.6 is 23.4 Å². The molecular formula is C21H23ClN4O2S. The van der Waals surface area contributed by atoms with Crippen LogP contribution in [0.2, 0.25) is 5.02 Å². The summed E-state index contributed by atoms with van der Waals surface area (Å²) in [7, 11) is 0. The van der Waals surface area contributed by atoms with Crippen LogP contribution in [-0.2, 0) is 24.5 Å². The summed E-state index contributed by atoms with van der Waals surface area (Å²) in [4.78, 5) is 12.2. The van der Waals surface area contributed by atoms with E-state index in [9.17, 15) is 4.79 Å². The largest absolute Gasteiger partial charge is 0.485 e. The molecule has 1 amide bonds. The number of nitrogens with zero attached hydrogens (tertiary/aromatic N) is 3. The van der Waals surface area contributed by atoms with E-state index in [-0.39, 0.29) is 11.7 Å². The Morgan fingerprint density at radius 2 is 1.93 bits per heavy atom. The molecule has 3 rings (SSSR count). The fraction of sp³-hybridized carbons (Fsp3) is 0.286. The first kappa shape index (κ1) is 21.2. The fourth-order valence-electron chi connectivity index (χ4n) is 2.69. The summed E-state index contributed by atoms with van der Waals surface area (Å²) in [5, 5.41) is 12.7. The van der Waals surface area contributed by atoms with Gasteiger partial charge in [0.25, 0.3) is 0 Å². The zero-order valence-corrected chi connectivity index (χ0v) is 18.0. The summed E-state index contributed by atoms with van der Waals surface area (Å²) in [6.45, 7) is 5.52. The van der Waals surface area contributed by atoms with Gasteiger partial charge >= 0.3 is 0 Å². The van der Waals surface area contributed by atoms with Gasteiger partial charge in [0, 0.05) is 18.1 Å². The topological polar surface area (TPSA) is 69.0 Å². The van der Waals surface area contributed by atoms with Gasteiger partial charge in [0.1, 0.15) is 12.4 Å². The second-order valence-corrected chi connectivity index (χ2v) is 7.77. The van der Waals surface area contributed by atoms with Crippen molar-refractivity contribution in [2.45, 2.75) is 38.7 Å². The third-order valence-corrected chi connectivity index (χ3v) is 5.51. The summed E-state index contributed by atoms with van der Waals surface area (Å²) < 4.78 is 7.85. The molecule has 2 aromatic carbocycles. The number of thioether (sulfide) groups is 1. The van der Waals surface area contributed by atoms with Gasteiger partial charge in [-0.1, -0.05) is 53.7 Å². The van der Waals surface area contributed by atoms with Crippen LogP contribution in [0, 0.1) is 6.92 Å². The van der Waals surface area contributed by atoms with Crippen molar-refractivity contribution in [3.8, 4) is 5.75 Å². The van der Waals surface area contributed by atoms with Crippen LogP contribution in [0.3, 0.4) is 0 Å². The lowest BCUT2D eigenvalue weighted by Gasteiger charge is -2.10. The molecule has 8 heteroatoms. The molecular weight excluding hydrogens is 408 g/mol. The molecule has 0 spiro atoms. The molecule has 1 aromatic heterocycles. The van der Waals surface area contributed by atoms with Crippen LogP contribution in [0.5, 0.6) is 5.75 Å². The average molecular weight is 431 g/mol. The first-order chi connectivity index (χ1) is 14.1. The SMILES string of the molecule is CCn1c(COc2ccccc2C)nnc1SCC(=O)NCc1ccc(Cl)cc1. The lowest BCUT2D eigenvalue weighted by molar-refractivity contribution is -0.118. The van der Waals surface area contributed by atoms with Crippen molar-refractivity contribution in [2.24, 2.45) is 0 Å². The van der Waals surface area contributed by atoms with E-state index >= 15 is 0 Å². The lowest BCUT2D eigenvalue weighted by atomic mass is 10.2. The molecule has 0 bridgehead atoms. The molecule has 0 aliphatic carbocycles. The summed E-state index contributed by atoms with van der Waals surface area (Å²) in [6.07, 6.45) is 0. The molecule has 1 heterocycles. The molecule has 0 aliphatic heterocycles. The number of rotatable bonds is 9. The Morgan fingerprint density at radius 3 is 2.66 bits per heavy atom. The molecule has 0 radical (unpaired) electrons. The van der Waals surface area contributed by atoms with Crippen molar-refractivity contribution in [2.75, 3.05) is 5.75 Å². The Labute approximate surface area is 179 Å². The number of aromatic nitrogens is 3. The molecule has 152 valence electrons. The van der Waals surface area contributed by atoms with Gasteiger partial charge in [-0.2, -0.15) is 0 Å². The minimum atomic E-state index is -0.0617. The first-order valence-corrected chi connectivity index (χ1v) is 10.7. The van der Waals surface area contributed by atoms with Crippen molar-refractivity contribution in [3.05, 3.63) is 70.5 Å². The van der Waals surface area contributed by atoms with Gasteiger partial charge in [0.2, 0.25) is 5.91 Å². The normalized spacial score (nSPS) is 10.7. The quantitative estimate of drug-likeness (QED) is 0.514. The van der Waals surface area contributed by atoms with E-state index in [0.29, 0.717) is 29.9 Å². The number of ether oxygens (including phenoxy) is 1. The minimum Gasteiger partial charge on any atom is -0.485 e. The molecule has 0 fully saturated rings. The van der Waals surface area contributed by atoms with E-state index < -0.39 is 0 Å². The van der Waals surface area contributed by atoms with Gasteiger partial charge in [-0.25, -0.2) is 0 Å². The van der Waals surface area contributed by atoms with E-state index in [1.54, 1.807) is 0 Å². The van der Waals surface area contributed by atoms with E-state index in [4.69, 9.17) is 16.3 Å². The van der Waals surface area contributed by atoms with Crippen LogP contribution in [0.15, 0.2) is 53.7 Å². The van der Waals surface area contributed by atoms with Crippen LogP contribution in [0.1, 0.15) is 23.9 Å². The summed E-state index contributed by atoms with van der Waals surface area (Å²) >= 11 is 7.24. The molecule has 0 aliphatic rings. The van der Waals surface area contributed by atoms with Gasteiger partial charge in [0.05, 0.1) is 5.75 Å². The summed E-state index contributed by atoms with van der Waals surface area (Å²) in [5.41, 5.74) is 2.07. The lowest BCUT2D eigenvalue weighted by Crippen LogP contribution is -2.24. The van der Waals surface area contributed by atoms with Gasteiger partial charge in [0.15, 0.2) is 11.0 Å². The molecule has 3 aromatic rings. The monoisotopic (exact) mass is 430 g/mol. The Kier molecular flexibility index (Phi) is 7.55. The van der Waals surface area contributed by atoms with Crippen molar-refractivity contribution in [1.82, 2.24) is 20.1 Å². The molecule has 0 atom stereocenters. The van der Waals surface area contributed by atoms with Crippen molar-refractivity contribution in [1.29, 1.82) is 0 Å². The number of amides is 1. The smallest absolute Gasteiger partial charge is 0.230 e. The number of benzene rings is 2. The molecule has 6 nitrogen and oxygen atoms in total. The zero-order valence-electron chi connectivity index (χ0n) is 16.4. The third-order valence-electron chi connectivity index (χ3n) is 4.30. The summed E-state index contributed by atoms with van der Waals surface area (Å²) in [5.74, 6) is 1.77. The van der Waals surface area contributed by atoms with Gasteiger partial charge in [-0.05, 0) is 43.2 Å². The number of hydrogen-bond acceptors (Lipinski definition) is 5. The van der Waals surface area contributed by atoms with E-state index in [1.807, 2.05) is 66.9 Å². The Bertz CT molecular complexity index is 960. The van der Waals surface area contributed by atoms with Crippen LogP contribution < -0.4 is 10.1 Å². The molecule has 0 saturated heterocycles. The number of aryl methyl sites for hydroxylation is 1. The number of carbonyl (C=O) groups excluding carboxylic acids is 1. The summed E-state index contributed by atoms with van der Waals surface area (Å²) in [6, 6.07) is 15.3. The average Bonchev–Trinajstić information content (AvgIpc) is 3.13. The van der Waals surface area contributed by atoms with Gasteiger partial charge < -0.3 is 14.6 Å². The highest BCUT2D eigenvalue weighted by Crippen LogP contribution is 2.20. The Morgan fingerprint density at radius 1 is 1.17 bits per heavy atom. The van der Waals surface area contributed by atoms with Gasteiger partial charge in [-0.15, -0.1) is 10.2 Å². The van der Waals surface area contributed by atoms with E-state index in [0.717, 1.165) is 22.7 Å². The highest BCUT2D eigenvalue weighted by molar-refractivity contribution is 7.99. The van der Waals surface area contributed by atoms with Crippen molar-refractivity contribution >= 4 is 29.3 Å². The fourth-order valence-corrected chi connectivity index (χ4v) is 3.67. The highest BCUT2D eigenvalue weighted by Gasteiger charge is 2.14. The molecule has 0 saturated carbocycles. The molecule has 29 heavy (non-hydrogen) atoms. The predicted octanol–water partition coefficient (Wildman–Crippen LogP) is 4.25. The number of halogens is 1. The van der Waals surface area contributed by atoms with E-state index in [1.165, 1.54) is 11.8 Å². The molecule has 0 unspecified atom stereocenters. The number of para-hydroxylation sites is 1. The van der Waals surface area contributed by atoms with Crippen LogP contribution in [0.4, 0.5) is 0 Å². The maximum atomic E-state index is 12.2. The van der Waals surface area contributed by atoms with Gasteiger partial charge in [-0.3, -0.25) is 4.79 Å². The standard InChI is InChI=1S/C21H23ClN4O2S/c1-3-26-19(13-28-18-7-5-4-6-15(18)2)24-25-21(26)29-14-20(27)23-12-16-8-10-17(22)11-9-16/h4-11H,3,12-14H2,1-2H3,(H,23,27). The number of carbonyl (C=O) groups is 1. The minimum absolute atomic E-state index is 0.0617. The maximum Gasteiger partial charge on any atom is 0.230 e. The van der Waals surface area contributed by atoms with Crippen LogP contribution in [-0.4, -0.2) is 26.4 Å². The van der Waals surface area contributed by atoms with E-state index in [2.05, 4.69) is 15.5 Å². The first-order valence-electron chi connectivity index (χ1n) is 9.31. The third kappa shape index (κ3) is 5.98. The highest BCUT2D eigenvalue weighted by atomic mass is 35.5. The second-order valence-electron chi connectivity index (χ2n) is 6.39. The van der Waals surface area contributed by atoms with Crippen molar-refractivity contribution < 1.29 is 9.53 Å². The maximum absolute atomic E-state index is 12.2. The molecule has 1 N–H and O–H groups in total. The Hall–Kier alpha value is -2.51. The van der Waals surface area contributed by atoms with Crippen LogP contribution in [0.25, 0.3) is 0 Å². The predicted molar refractivity (Wildman–Crippen MR) is 115 cm³/mol. The number of hydrogen-bond donors (Lipinski definition) is 1. The second kappa shape index (κ2) is 10.3. The Balaban J connectivity index is 1.52. The van der Waals surface area contributed by atoms with Crippen molar-refractivity contribution in [3.63, 3.8) is 0 Å². The number of nitrogens with one attached hydrogen (secondary N) is 1.